The predicted molar refractivity (Wildman–Crippen MR) is 236 cm³/mol. The zero-order chi connectivity index (χ0) is 36.3. The number of nitrogens with one attached hydrogen (secondary N) is 1. The van der Waals surface area contributed by atoms with Crippen LogP contribution in [0.5, 0.6) is 0 Å². The number of thiophene rings is 1. The van der Waals surface area contributed by atoms with E-state index in [-0.39, 0.29) is 5.37 Å². The lowest BCUT2D eigenvalue weighted by atomic mass is 9.97. The molecule has 0 spiro atoms. The number of fused-ring (bicyclic) bond motifs is 8. The monoisotopic (exact) mass is 739 g/mol. The van der Waals surface area contributed by atoms with Gasteiger partial charge < -0.3 is 10.2 Å². The van der Waals surface area contributed by atoms with E-state index in [2.05, 4.69) is 191 Å². The van der Waals surface area contributed by atoms with E-state index in [4.69, 9.17) is 0 Å². The fraction of sp³-hybridized carbons (Fsp3) is 0.0200. The summed E-state index contributed by atoms with van der Waals surface area (Å²) in [5, 5.41) is 11.6. The molecule has 3 nitrogen and oxygen atoms in total. The molecule has 1 atom stereocenters. The molecule has 2 aromatic heterocycles. The van der Waals surface area contributed by atoms with Crippen molar-refractivity contribution < 1.29 is 0 Å². The number of para-hydroxylation sites is 2. The second-order valence-corrected chi connectivity index (χ2v) is 16.1. The first-order valence-corrected chi connectivity index (χ1v) is 20.3. The van der Waals surface area contributed by atoms with Gasteiger partial charge in [-0.25, -0.2) is 0 Å². The number of hydrogen-bond donors (Lipinski definition) is 1. The molecule has 1 N–H and O–H groups in total. The third kappa shape index (κ3) is 5.30. The van der Waals surface area contributed by atoms with Crippen LogP contribution in [0.15, 0.2) is 193 Å². The van der Waals surface area contributed by atoms with Gasteiger partial charge >= 0.3 is 0 Å². The van der Waals surface area contributed by atoms with Gasteiger partial charge in [-0.15, -0.1) is 11.3 Å². The lowest BCUT2D eigenvalue weighted by Crippen LogP contribution is -2.11. The molecule has 0 saturated heterocycles. The first-order chi connectivity index (χ1) is 27.3. The maximum atomic E-state index is 4.28. The number of pyridine rings is 1. The average Bonchev–Trinajstić information content (AvgIpc) is 3.87. The molecule has 0 amide bonds. The number of nitrogens with zero attached hydrogens (tertiary/aromatic N) is 2. The highest BCUT2D eigenvalue weighted by Gasteiger charge is 2.27. The maximum absolute atomic E-state index is 4.28. The first-order valence-electron chi connectivity index (χ1n) is 18.6. The van der Waals surface area contributed by atoms with Gasteiger partial charge in [0.05, 0.1) is 11.4 Å². The van der Waals surface area contributed by atoms with Gasteiger partial charge in [-0.1, -0.05) is 145 Å². The van der Waals surface area contributed by atoms with Crippen molar-refractivity contribution in [2.24, 2.45) is 0 Å². The topological polar surface area (TPSA) is 28.2 Å². The van der Waals surface area contributed by atoms with Crippen LogP contribution in [0.1, 0.15) is 10.9 Å². The zero-order valence-corrected chi connectivity index (χ0v) is 31.3. The third-order valence-corrected chi connectivity index (χ3v) is 13.4. The van der Waals surface area contributed by atoms with Crippen LogP contribution in [0.4, 0.5) is 22.7 Å². The Morgan fingerprint density at radius 2 is 1.13 bits per heavy atom. The molecule has 3 heterocycles. The molecule has 5 heteroatoms. The summed E-state index contributed by atoms with van der Waals surface area (Å²) in [5.74, 6) is 0. The second-order valence-electron chi connectivity index (χ2n) is 13.9. The molecule has 0 aliphatic carbocycles. The average molecular weight is 740 g/mol. The number of thioether (sulfide) groups is 1. The summed E-state index contributed by atoms with van der Waals surface area (Å²) in [7, 11) is 0. The van der Waals surface area contributed by atoms with Crippen molar-refractivity contribution in [2.75, 3.05) is 10.2 Å². The van der Waals surface area contributed by atoms with Crippen molar-refractivity contribution in [1.82, 2.24) is 4.98 Å². The van der Waals surface area contributed by atoms with E-state index < -0.39 is 0 Å². The van der Waals surface area contributed by atoms with Crippen molar-refractivity contribution >= 4 is 87.6 Å². The summed E-state index contributed by atoms with van der Waals surface area (Å²) in [6.45, 7) is 0. The van der Waals surface area contributed by atoms with E-state index in [0.717, 1.165) is 17.1 Å². The van der Waals surface area contributed by atoms with Crippen LogP contribution in [0.25, 0.3) is 64.0 Å². The lowest BCUT2D eigenvalue weighted by molar-refractivity contribution is 1.14. The van der Waals surface area contributed by atoms with Gasteiger partial charge in [-0.05, 0) is 69.9 Å². The molecule has 1 unspecified atom stereocenters. The van der Waals surface area contributed by atoms with Crippen LogP contribution in [-0.4, -0.2) is 4.98 Å². The van der Waals surface area contributed by atoms with Gasteiger partial charge in [-0.3, -0.25) is 4.98 Å². The van der Waals surface area contributed by atoms with E-state index in [9.17, 15) is 0 Å². The lowest BCUT2D eigenvalue weighted by Gasteiger charge is -2.29. The smallest absolute Gasteiger partial charge is 0.103 e. The SMILES string of the molecule is c1ccc(C2Nc3ccc4ccc5c(N(c6ccccc6)c6ccccc6-c6cccc7c6sc6c(-c8ccncc8)cccc67)cccc5c4c3S2)cc1. The Kier molecular flexibility index (Phi) is 7.68. The fourth-order valence-corrected chi connectivity index (χ4v) is 11.0. The summed E-state index contributed by atoms with van der Waals surface area (Å²) in [6, 6.07) is 64.0. The van der Waals surface area contributed by atoms with Gasteiger partial charge in [0, 0.05) is 70.7 Å². The molecule has 0 radical (unpaired) electrons. The highest BCUT2D eigenvalue weighted by molar-refractivity contribution is 8.00. The van der Waals surface area contributed by atoms with E-state index in [1.807, 2.05) is 35.5 Å². The summed E-state index contributed by atoms with van der Waals surface area (Å²) in [4.78, 5) is 8.05. The van der Waals surface area contributed by atoms with Crippen molar-refractivity contribution in [3.8, 4) is 22.3 Å². The van der Waals surface area contributed by atoms with Crippen molar-refractivity contribution in [3.63, 3.8) is 0 Å². The minimum Gasteiger partial charge on any atom is -0.368 e. The van der Waals surface area contributed by atoms with Crippen LogP contribution in [0, 0.1) is 0 Å². The Labute approximate surface area is 327 Å². The molecule has 260 valence electrons. The number of anilines is 4. The van der Waals surface area contributed by atoms with Gasteiger partial charge in [0.15, 0.2) is 0 Å². The van der Waals surface area contributed by atoms with Crippen LogP contribution < -0.4 is 10.2 Å². The summed E-state index contributed by atoms with van der Waals surface area (Å²) in [6.07, 6.45) is 3.75. The Morgan fingerprint density at radius 1 is 0.491 bits per heavy atom. The molecular formula is C50H33N3S2. The summed E-state index contributed by atoms with van der Waals surface area (Å²) < 4.78 is 2.58. The number of rotatable bonds is 6. The normalized spacial score (nSPS) is 13.7. The van der Waals surface area contributed by atoms with Gasteiger partial charge in [0.2, 0.25) is 0 Å². The molecule has 0 fully saturated rings. The quantitative estimate of drug-likeness (QED) is 0.172. The van der Waals surface area contributed by atoms with E-state index in [1.54, 1.807) is 0 Å². The predicted octanol–water partition coefficient (Wildman–Crippen LogP) is 14.8. The fourth-order valence-electron chi connectivity index (χ4n) is 8.31. The minimum absolute atomic E-state index is 0.172. The molecule has 0 saturated carbocycles. The Bertz CT molecular complexity index is 3050. The molecule has 1 aliphatic rings. The largest absolute Gasteiger partial charge is 0.368 e. The molecule has 10 aromatic rings. The molecule has 55 heavy (non-hydrogen) atoms. The van der Waals surface area contributed by atoms with Crippen molar-refractivity contribution in [3.05, 3.63) is 194 Å². The molecule has 0 bridgehead atoms. The standard InChI is InChI=1S/C50H33N3S2/c1-3-12-34(13-4-1)50-52-43-27-25-33-24-26-38-39(46(33)49(43)55-50)18-11-23-45(38)53(35-14-5-2-6-15-35)44-22-8-7-16-37(44)40-19-10-21-42-41-20-9-17-36(47(41)54-48(40)42)32-28-30-51-31-29-32/h1-31,50,52H. The molecular weight excluding hydrogens is 707 g/mol. The van der Waals surface area contributed by atoms with Gasteiger partial charge in [0.1, 0.15) is 5.37 Å². The highest BCUT2D eigenvalue weighted by atomic mass is 32.2. The van der Waals surface area contributed by atoms with Crippen LogP contribution >= 0.6 is 23.1 Å². The number of aromatic nitrogens is 1. The Balaban J connectivity index is 1.12. The second kappa shape index (κ2) is 13.2. The Morgan fingerprint density at radius 3 is 1.95 bits per heavy atom. The number of benzene rings is 8. The zero-order valence-electron chi connectivity index (χ0n) is 29.7. The third-order valence-electron chi connectivity index (χ3n) is 10.8. The maximum Gasteiger partial charge on any atom is 0.103 e. The first kappa shape index (κ1) is 32.1. The van der Waals surface area contributed by atoms with Crippen LogP contribution in [0.2, 0.25) is 0 Å². The number of hydrogen-bond acceptors (Lipinski definition) is 5. The summed E-state index contributed by atoms with van der Waals surface area (Å²) >= 11 is 3.80. The van der Waals surface area contributed by atoms with Crippen LogP contribution in [0.3, 0.4) is 0 Å². The van der Waals surface area contributed by atoms with Crippen LogP contribution in [-0.2, 0) is 0 Å². The van der Waals surface area contributed by atoms with E-state index in [0.29, 0.717) is 0 Å². The Hall–Kier alpha value is -6.40. The minimum atomic E-state index is 0.172. The van der Waals surface area contributed by atoms with Gasteiger partial charge in [-0.2, -0.15) is 0 Å². The summed E-state index contributed by atoms with van der Waals surface area (Å²) in [5.41, 5.74) is 10.7. The molecule has 1 aliphatic heterocycles. The van der Waals surface area contributed by atoms with Gasteiger partial charge in [0.25, 0.3) is 0 Å². The van der Waals surface area contributed by atoms with Crippen molar-refractivity contribution in [1.29, 1.82) is 0 Å². The van der Waals surface area contributed by atoms with E-state index in [1.165, 1.54) is 80.1 Å². The van der Waals surface area contributed by atoms with E-state index >= 15 is 0 Å². The highest BCUT2D eigenvalue weighted by Crippen LogP contribution is 2.53. The molecule has 11 rings (SSSR count). The molecule has 8 aromatic carbocycles. The van der Waals surface area contributed by atoms with Crippen molar-refractivity contribution in [2.45, 2.75) is 10.3 Å².